The number of aromatic hydroxyl groups is 1. The summed E-state index contributed by atoms with van der Waals surface area (Å²) in [6, 6.07) is 4.04. The monoisotopic (exact) mass is 270 g/mol. The molecule has 0 atom stereocenters. The average molecular weight is 270 g/mol. The molecule has 0 saturated heterocycles. The number of aromatic nitrogens is 2. The van der Waals surface area contributed by atoms with Gasteiger partial charge in [-0.25, -0.2) is 0 Å². The van der Waals surface area contributed by atoms with Crippen molar-refractivity contribution in [2.24, 2.45) is 7.05 Å². The van der Waals surface area contributed by atoms with E-state index in [4.69, 9.17) is 0 Å². The molecule has 1 aromatic carbocycles. The predicted molar refractivity (Wildman–Crippen MR) is 64.8 cm³/mol. The molecule has 0 aliphatic carbocycles. The van der Waals surface area contributed by atoms with Crippen LogP contribution in [0.15, 0.2) is 18.2 Å². The minimum atomic E-state index is -4.43. The first-order chi connectivity index (χ1) is 8.71. The van der Waals surface area contributed by atoms with E-state index >= 15 is 0 Å². The molecule has 0 bridgehead atoms. The number of benzene rings is 1. The van der Waals surface area contributed by atoms with Gasteiger partial charge in [0.2, 0.25) is 0 Å². The summed E-state index contributed by atoms with van der Waals surface area (Å²) in [4.78, 5) is 0. The van der Waals surface area contributed by atoms with Gasteiger partial charge in [0, 0.05) is 12.6 Å². The van der Waals surface area contributed by atoms with E-state index in [-0.39, 0.29) is 11.4 Å². The second-order valence-corrected chi connectivity index (χ2v) is 4.42. The highest BCUT2D eigenvalue weighted by atomic mass is 19.4. The molecule has 102 valence electrons. The second kappa shape index (κ2) is 4.29. The van der Waals surface area contributed by atoms with Crippen LogP contribution < -0.4 is 0 Å². The van der Waals surface area contributed by atoms with Crippen molar-refractivity contribution < 1.29 is 18.3 Å². The van der Waals surface area contributed by atoms with E-state index in [1.54, 1.807) is 19.9 Å². The lowest BCUT2D eigenvalue weighted by molar-refractivity contribution is -0.143. The molecule has 1 heterocycles. The summed E-state index contributed by atoms with van der Waals surface area (Å²) in [7, 11) is 1.26. The van der Waals surface area contributed by atoms with Crippen LogP contribution in [0.3, 0.4) is 0 Å². The number of hydrogen-bond donors (Lipinski definition) is 1. The molecular weight excluding hydrogens is 257 g/mol. The predicted octanol–water partition coefficient (Wildman–Crippen LogP) is 3.43. The number of halogens is 3. The maximum atomic E-state index is 12.7. The van der Waals surface area contributed by atoms with Crippen LogP contribution in [0.5, 0.6) is 5.75 Å². The third kappa shape index (κ3) is 2.30. The van der Waals surface area contributed by atoms with Gasteiger partial charge in [0.25, 0.3) is 0 Å². The van der Waals surface area contributed by atoms with E-state index in [2.05, 4.69) is 5.10 Å². The Labute approximate surface area is 108 Å². The largest absolute Gasteiger partial charge is 0.508 e. The summed E-state index contributed by atoms with van der Waals surface area (Å²) in [5, 5.41) is 13.4. The van der Waals surface area contributed by atoms with Crippen molar-refractivity contribution in [1.29, 1.82) is 0 Å². The molecule has 1 aromatic heterocycles. The average Bonchev–Trinajstić information content (AvgIpc) is 2.68. The fraction of sp³-hybridized carbons (Fsp3) is 0.308. The summed E-state index contributed by atoms with van der Waals surface area (Å²) in [5.74, 6) is 0.119. The first kappa shape index (κ1) is 13.5. The molecule has 0 fully saturated rings. The van der Waals surface area contributed by atoms with Gasteiger partial charge in [-0.15, -0.1) is 0 Å². The van der Waals surface area contributed by atoms with E-state index in [1.165, 1.54) is 13.1 Å². The zero-order chi connectivity index (χ0) is 14.4. The minimum Gasteiger partial charge on any atom is -0.508 e. The van der Waals surface area contributed by atoms with Gasteiger partial charge >= 0.3 is 6.18 Å². The Morgan fingerprint density at radius 3 is 2.32 bits per heavy atom. The number of phenolic OH excluding ortho intramolecular Hbond substituents is 1. The number of alkyl halides is 3. The summed E-state index contributed by atoms with van der Waals surface area (Å²) < 4.78 is 39.0. The summed E-state index contributed by atoms with van der Waals surface area (Å²) >= 11 is 0. The van der Waals surface area contributed by atoms with Gasteiger partial charge in [0.05, 0.1) is 5.69 Å². The highest BCUT2D eigenvalue weighted by Gasteiger charge is 2.35. The molecule has 2 aromatic rings. The molecule has 0 spiro atoms. The minimum absolute atomic E-state index is 0.119. The van der Waals surface area contributed by atoms with Gasteiger partial charge in [0.15, 0.2) is 0 Å². The van der Waals surface area contributed by atoms with Gasteiger partial charge in [-0.3, -0.25) is 4.68 Å². The smallest absolute Gasteiger partial charge is 0.433 e. The maximum Gasteiger partial charge on any atom is 0.433 e. The Hall–Kier alpha value is -1.98. The van der Waals surface area contributed by atoms with Crippen LogP contribution in [0, 0.1) is 13.8 Å². The van der Waals surface area contributed by atoms with Crippen LogP contribution in [0.4, 0.5) is 13.2 Å². The van der Waals surface area contributed by atoms with Crippen LogP contribution in [0.2, 0.25) is 0 Å². The molecule has 3 nitrogen and oxygen atoms in total. The summed E-state index contributed by atoms with van der Waals surface area (Å²) in [6.45, 7) is 3.45. The van der Waals surface area contributed by atoms with Crippen LogP contribution in [0.25, 0.3) is 11.3 Å². The van der Waals surface area contributed by atoms with Crippen molar-refractivity contribution in [3.05, 3.63) is 35.0 Å². The molecule has 0 amide bonds. The number of rotatable bonds is 1. The molecule has 0 saturated carbocycles. The van der Waals surface area contributed by atoms with E-state index in [0.717, 1.165) is 10.7 Å². The second-order valence-electron chi connectivity index (χ2n) is 4.42. The number of aryl methyl sites for hydroxylation is 1. The number of hydrogen-bond acceptors (Lipinski definition) is 2. The van der Waals surface area contributed by atoms with Gasteiger partial charge < -0.3 is 5.11 Å². The SMILES string of the molecule is Cc1c(O)ccc(-c2cc(C(F)(F)F)n(C)n2)c1C. The Morgan fingerprint density at radius 1 is 1.16 bits per heavy atom. The number of nitrogens with zero attached hydrogens (tertiary/aromatic N) is 2. The Morgan fingerprint density at radius 2 is 1.79 bits per heavy atom. The van der Waals surface area contributed by atoms with Crippen molar-refractivity contribution in [2.45, 2.75) is 20.0 Å². The highest BCUT2D eigenvalue weighted by molar-refractivity contribution is 5.67. The zero-order valence-corrected chi connectivity index (χ0v) is 10.7. The third-order valence-electron chi connectivity index (χ3n) is 3.20. The molecule has 0 aliphatic rings. The van der Waals surface area contributed by atoms with Gasteiger partial charge in [0.1, 0.15) is 11.4 Å². The zero-order valence-electron chi connectivity index (χ0n) is 10.7. The molecular formula is C13H13F3N2O. The van der Waals surface area contributed by atoms with Crippen molar-refractivity contribution >= 4 is 0 Å². The lowest BCUT2D eigenvalue weighted by Gasteiger charge is -2.07. The van der Waals surface area contributed by atoms with Crippen LogP contribution in [-0.4, -0.2) is 14.9 Å². The van der Waals surface area contributed by atoms with Crippen LogP contribution in [0.1, 0.15) is 16.8 Å². The normalized spacial score (nSPS) is 11.9. The molecule has 0 aliphatic heterocycles. The summed E-state index contributed by atoms with van der Waals surface area (Å²) in [5.41, 5.74) is 1.38. The summed E-state index contributed by atoms with van der Waals surface area (Å²) in [6.07, 6.45) is -4.43. The van der Waals surface area contributed by atoms with Crippen molar-refractivity contribution in [3.63, 3.8) is 0 Å². The van der Waals surface area contributed by atoms with E-state index in [0.29, 0.717) is 16.7 Å². The van der Waals surface area contributed by atoms with Gasteiger partial charge in [-0.2, -0.15) is 18.3 Å². The van der Waals surface area contributed by atoms with Crippen molar-refractivity contribution in [1.82, 2.24) is 9.78 Å². The van der Waals surface area contributed by atoms with Gasteiger partial charge in [-0.1, -0.05) is 0 Å². The van der Waals surface area contributed by atoms with Gasteiger partial charge in [-0.05, 0) is 43.2 Å². The van der Waals surface area contributed by atoms with Crippen LogP contribution in [-0.2, 0) is 13.2 Å². The number of phenols is 1. The van der Waals surface area contributed by atoms with E-state index in [9.17, 15) is 18.3 Å². The highest BCUT2D eigenvalue weighted by Crippen LogP contribution is 2.34. The third-order valence-corrected chi connectivity index (χ3v) is 3.20. The molecule has 1 N–H and O–H groups in total. The molecule has 0 unspecified atom stereocenters. The Bertz CT molecular complexity index is 630. The van der Waals surface area contributed by atoms with Crippen LogP contribution >= 0.6 is 0 Å². The molecule has 0 radical (unpaired) electrons. The first-order valence-corrected chi connectivity index (χ1v) is 5.62. The fourth-order valence-corrected chi connectivity index (χ4v) is 1.95. The van der Waals surface area contributed by atoms with Crippen molar-refractivity contribution in [2.75, 3.05) is 0 Å². The lowest BCUT2D eigenvalue weighted by atomic mass is 10.00. The van der Waals surface area contributed by atoms with E-state index < -0.39 is 11.9 Å². The lowest BCUT2D eigenvalue weighted by Crippen LogP contribution is -2.11. The fourth-order valence-electron chi connectivity index (χ4n) is 1.95. The quantitative estimate of drug-likeness (QED) is 0.862. The topological polar surface area (TPSA) is 38.0 Å². The molecule has 6 heteroatoms. The Balaban J connectivity index is 2.58. The Kier molecular flexibility index (Phi) is 3.04. The standard InChI is InChI=1S/C13H13F3N2O/c1-7-8(2)11(19)5-4-9(7)10-6-12(13(14,15)16)18(3)17-10/h4-6,19H,1-3H3. The molecule has 19 heavy (non-hydrogen) atoms. The maximum absolute atomic E-state index is 12.7. The van der Waals surface area contributed by atoms with E-state index in [1.807, 2.05) is 0 Å². The first-order valence-electron chi connectivity index (χ1n) is 5.62. The molecule has 2 rings (SSSR count). The van der Waals surface area contributed by atoms with Crippen molar-refractivity contribution in [3.8, 4) is 17.0 Å².